The minimum Gasteiger partial charge on any atom is -0.324 e. The first kappa shape index (κ1) is 18.9. The van der Waals surface area contributed by atoms with E-state index in [0.717, 1.165) is 12.8 Å². The van der Waals surface area contributed by atoms with Gasteiger partial charge < -0.3 is 11.1 Å². The summed E-state index contributed by atoms with van der Waals surface area (Å²) in [6.07, 6.45) is 3.21. The number of nitrogens with one attached hydrogen (secondary N) is 1. The van der Waals surface area contributed by atoms with Gasteiger partial charge in [-0.15, -0.1) is 0 Å². The van der Waals surface area contributed by atoms with Crippen molar-refractivity contribution >= 4 is 21.6 Å². The second-order valence-corrected chi connectivity index (χ2v) is 8.29. The van der Waals surface area contributed by atoms with Gasteiger partial charge in [-0.2, -0.15) is 4.31 Å². The van der Waals surface area contributed by atoms with Gasteiger partial charge in [0.25, 0.3) is 0 Å². The van der Waals surface area contributed by atoms with Crippen LogP contribution in [0.3, 0.4) is 0 Å². The molecule has 0 saturated heterocycles. The molecule has 1 saturated carbocycles. The van der Waals surface area contributed by atoms with Gasteiger partial charge in [0.2, 0.25) is 15.9 Å². The second-order valence-electron chi connectivity index (χ2n) is 6.39. The lowest BCUT2D eigenvalue weighted by atomic mass is 9.98. The molecule has 1 aliphatic rings. The van der Waals surface area contributed by atoms with Crippen molar-refractivity contribution in [2.75, 3.05) is 18.4 Å². The molecule has 3 N–H and O–H groups in total. The molecule has 6 nitrogen and oxygen atoms in total. The summed E-state index contributed by atoms with van der Waals surface area (Å²) in [4.78, 5) is 12.7. The lowest BCUT2D eigenvalue weighted by Crippen LogP contribution is -2.48. The van der Waals surface area contributed by atoms with Crippen molar-refractivity contribution in [3.8, 4) is 0 Å². The molecule has 7 heteroatoms. The summed E-state index contributed by atoms with van der Waals surface area (Å²) in [5.41, 5.74) is 6.43. The van der Waals surface area contributed by atoms with E-state index in [1.807, 2.05) is 0 Å². The van der Waals surface area contributed by atoms with E-state index >= 15 is 0 Å². The van der Waals surface area contributed by atoms with Crippen LogP contribution >= 0.6 is 0 Å². The third-order valence-electron chi connectivity index (χ3n) is 4.72. The zero-order valence-electron chi connectivity index (χ0n) is 14.6. The van der Waals surface area contributed by atoms with E-state index in [9.17, 15) is 13.2 Å². The highest BCUT2D eigenvalue weighted by molar-refractivity contribution is 7.89. The summed E-state index contributed by atoms with van der Waals surface area (Å²) in [5.74, 6) is -0.241. The van der Waals surface area contributed by atoms with Gasteiger partial charge in [0.15, 0.2) is 0 Å². The molecule has 134 valence electrons. The van der Waals surface area contributed by atoms with E-state index in [4.69, 9.17) is 5.73 Å². The first-order valence-corrected chi connectivity index (χ1v) is 9.89. The number of amides is 1. The molecule has 1 aliphatic carbocycles. The van der Waals surface area contributed by atoms with Gasteiger partial charge >= 0.3 is 0 Å². The first-order valence-electron chi connectivity index (χ1n) is 8.45. The van der Waals surface area contributed by atoms with Crippen molar-refractivity contribution in [2.45, 2.75) is 56.9 Å². The molecule has 0 atom stereocenters. The van der Waals surface area contributed by atoms with Gasteiger partial charge in [0, 0.05) is 18.8 Å². The highest BCUT2D eigenvalue weighted by Gasteiger charge is 2.37. The SMILES string of the molecule is CCN(CC)S(=O)(=O)c1cc(NC(=O)C2(N)CCCC2)ccc1C. The maximum absolute atomic E-state index is 12.8. The molecule has 24 heavy (non-hydrogen) atoms. The number of hydrogen-bond acceptors (Lipinski definition) is 4. The quantitative estimate of drug-likeness (QED) is 0.820. The summed E-state index contributed by atoms with van der Waals surface area (Å²) in [6, 6.07) is 4.95. The average molecular weight is 353 g/mol. The Morgan fingerprint density at radius 2 is 1.83 bits per heavy atom. The molecule has 1 amide bonds. The lowest BCUT2D eigenvalue weighted by Gasteiger charge is -2.23. The van der Waals surface area contributed by atoms with Crippen LogP contribution in [0.2, 0.25) is 0 Å². The number of aryl methyl sites for hydroxylation is 1. The van der Waals surface area contributed by atoms with E-state index < -0.39 is 15.6 Å². The monoisotopic (exact) mass is 353 g/mol. The number of benzene rings is 1. The van der Waals surface area contributed by atoms with Crippen LogP contribution in [0, 0.1) is 6.92 Å². The van der Waals surface area contributed by atoms with E-state index in [1.54, 1.807) is 32.9 Å². The standard InChI is InChI=1S/C17H27N3O3S/c1-4-20(5-2)24(22,23)15-12-14(9-8-13(15)3)19-16(21)17(18)10-6-7-11-17/h8-9,12H,4-7,10-11,18H2,1-3H3,(H,19,21). The van der Waals surface area contributed by atoms with E-state index in [0.29, 0.717) is 37.2 Å². The molecule has 1 aromatic carbocycles. The summed E-state index contributed by atoms with van der Waals surface area (Å²) < 4.78 is 26.9. The van der Waals surface area contributed by atoms with E-state index in [1.165, 1.54) is 10.4 Å². The molecule has 0 spiro atoms. The number of sulfonamides is 1. The molecular formula is C17H27N3O3S. The third-order valence-corrected chi connectivity index (χ3v) is 6.91. The highest BCUT2D eigenvalue weighted by atomic mass is 32.2. The maximum atomic E-state index is 12.8. The maximum Gasteiger partial charge on any atom is 0.244 e. The number of nitrogens with two attached hydrogens (primary N) is 1. The molecule has 2 rings (SSSR count). The summed E-state index contributed by atoms with van der Waals surface area (Å²) >= 11 is 0. The molecule has 0 heterocycles. The van der Waals surface area contributed by atoms with Gasteiger partial charge in [-0.25, -0.2) is 8.42 Å². The van der Waals surface area contributed by atoms with Crippen LogP contribution in [0.25, 0.3) is 0 Å². The molecule has 0 radical (unpaired) electrons. The topological polar surface area (TPSA) is 92.5 Å². The minimum absolute atomic E-state index is 0.224. The fourth-order valence-corrected chi connectivity index (χ4v) is 4.86. The Labute approximate surface area is 144 Å². The largest absolute Gasteiger partial charge is 0.324 e. The van der Waals surface area contributed by atoms with Crippen LogP contribution in [0.1, 0.15) is 45.1 Å². The minimum atomic E-state index is -3.57. The Morgan fingerprint density at radius 1 is 1.25 bits per heavy atom. The number of rotatable bonds is 6. The zero-order chi connectivity index (χ0) is 18.0. The Kier molecular flexibility index (Phi) is 5.67. The number of hydrogen-bond donors (Lipinski definition) is 2. The first-order chi connectivity index (χ1) is 11.2. The zero-order valence-corrected chi connectivity index (χ0v) is 15.4. The number of carbonyl (C=O) groups is 1. The number of nitrogens with zero attached hydrogens (tertiary/aromatic N) is 1. The van der Waals surface area contributed by atoms with Gasteiger partial charge in [-0.1, -0.05) is 32.8 Å². The van der Waals surface area contributed by atoms with Crippen molar-refractivity contribution in [1.82, 2.24) is 4.31 Å². The second kappa shape index (κ2) is 7.21. The summed E-state index contributed by atoms with van der Waals surface area (Å²) in [6.45, 7) is 6.17. The van der Waals surface area contributed by atoms with Gasteiger partial charge in [0.1, 0.15) is 0 Å². The fraction of sp³-hybridized carbons (Fsp3) is 0.588. The van der Waals surface area contributed by atoms with E-state index in [2.05, 4.69) is 5.32 Å². The average Bonchev–Trinajstić information content (AvgIpc) is 2.98. The van der Waals surface area contributed by atoms with Crippen LogP contribution < -0.4 is 11.1 Å². The molecule has 1 aromatic rings. The smallest absolute Gasteiger partial charge is 0.244 e. The molecule has 0 aromatic heterocycles. The van der Waals surface area contributed by atoms with Crippen molar-refractivity contribution in [3.63, 3.8) is 0 Å². The number of anilines is 1. The Hall–Kier alpha value is -1.44. The highest BCUT2D eigenvalue weighted by Crippen LogP contribution is 2.29. The van der Waals surface area contributed by atoms with Crippen LogP contribution in [0.5, 0.6) is 0 Å². The molecule has 0 bridgehead atoms. The van der Waals surface area contributed by atoms with Gasteiger partial charge in [-0.3, -0.25) is 4.79 Å². The molecular weight excluding hydrogens is 326 g/mol. The van der Waals surface area contributed by atoms with Crippen molar-refractivity contribution in [1.29, 1.82) is 0 Å². The van der Waals surface area contributed by atoms with Crippen LogP contribution in [-0.4, -0.2) is 37.3 Å². The van der Waals surface area contributed by atoms with Gasteiger partial charge in [-0.05, 0) is 37.5 Å². The van der Waals surface area contributed by atoms with Crippen molar-refractivity contribution in [3.05, 3.63) is 23.8 Å². The van der Waals surface area contributed by atoms with Crippen molar-refractivity contribution in [2.24, 2.45) is 5.73 Å². The van der Waals surface area contributed by atoms with Crippen LogP contribution in [0.4, 0.5) is 5.69 Å². The molecule has 1 fully saturated rings. The van der Waals surface area contributed by atoms with E-state index in [-0.39, 0.29) is 10.8 Å². The van der Waals surface area contributed by atoms with Crippen molar-refractivity contribution < 1.29 is 13.2 Å². The van der Waals surface area contributed by atoms with Crippen LogP contribution in [0.15, 0.2) is 23.1 Å². The summed E-state index contributed by atoms with van der Waals surface area (Å²) in [7, 11) is -3.57. The fourth-order valence-electron chi connectivity index (χ4n) is 3.15. The van der Waals surface area contributed by atoms with Gasteiger partial charge in [0.05, 0.1) is 10.4 Å². The third kappa shape index (κ3) is 3.63. The summed E-state index contributed by atoms with van der Waals surface area (Å²) in [5, 5.41) is 2.79. The predicted molar refractivity (Wildman–Crippen MR) is 95.3 cm³/mol. The lowest BCUT2D eigenvalue weighted by molar-refractivity contribution is -0.121. The Balaban J connectivity index is 2.30. The normalized spacial score (nSPS) is 17.2. The molecule has 0 aliphatic heterocycles. The number of carbonyl (C=O) groups excluding carboxylic acids is 1. The predicted octanol–water partition coefficient (Wildman–Crippen LogP) is 2.24. The molecule has 0 unspecified atom stereocenters. The Bertz CT molecular complexity index is 706. The Morgan fingerprint density at radius 3 is 2.38 bits per heavy atom. The van der Waals surface area contributed by atoms with Crippen LogP contribution in [-0.2, 0) is 14.8 Å².